The van der Waals surface area contributed by atoms with Gasteiger partial charge in [0.2, 0.25) is 0 Å². The van der Waals surface area contributed by atoms with Crippen molar-refractivity contribution in [2.75, 3.05) is 0 Å². The van der Waals surface area contributed by atoms with Crippen molar-refractivity contribution in [1.29, 1.82) is 5.41 Å². The Balaban J connectivity index is 2.39. The average molecular weight is 299 g/mol. The first kappa shape index (κ1) is 13.6. The Labute approximate surface area is 119 Å². The average Bonchev–Trinajstić information content (AvgIpc) is 2.33. The molecule has 0 amide bonds. The molecule has 0 saturated heterocycles. The lowest BCUT2D eigenvalue weighted by Crippen LogP contribution is -2.12. The lowest BCUT2D eigenvalue weighted by Gasteiger charge is -2.11. The topological polar surface area (TPSA) is 59.1 Å². The zero-order valence-corrected chi connectivity index (χ0v) is 11.1. The Morgan fingerprint density at radius 3 is 2.53 bits per heavy atom. The number of rotatable bonds is 3. The Morgan fingerprint density at radius 1 is 1.16 bits per heavy atom. The maximum absolute atomic E-state index is 13.0. The minimum atomic E-state index is -0.535. The minimum absolute atomic E-state index is 0.0519. The summed E-state index contributed by atoms with van der Waals surface area (Å²) in [4.78, 5) is 0. The monoisotopic (exact) mass is 298 g/mol. The summed E-state index contributed by atoms with van der Waals surface area (Å²) in [5.74, 6) is -0.0504. The van der Waals surface area contributed by atoms with E-state index < -0.39 is 5.82 Å². The van der Waals surface area contributed by atoms with E-state index in [-0.39, 0.29) is 10.9 Å². The summed E-state index contributed by atoms with van der Waals surface area (Å²) in [5, 5.41) is 7.84. The highest BCUT2D eigenvalue weighted by atomic mass is 35.5. The molecule has 0 aliphatic heterocycles. The van der Waals surface area contributed by atoms with Crippen LogP contribution in [0, 0.1) is 11.2 Å². The van der Waals surface area contributed by atoms with E-state index in [2.05, 4.69) is 0 Å². The van der Waals surface area contributed by atoms with Gasteiger partial charge in [0.25, 0.3) is 0 Å². The highest BCUT2D eigenvalue weighted by Crippen LogP contribution is 2.30. The van der Waals surface area contributed by atoms with Crippen LogP contribution < -0.4 is 10.5 Å². The van der Waals surface area contributed by atoms with Crippen LogP contribution in [0.25, 0.3) is 0 Å². The van der Waals surface area contributed by atoms with Gasteiger partial charge < -0.3 is 10.5 Å². The first-order valence-electron chi connectivity index (χ1n) is 5.24. The second-order valence-electron chi connectivity index (χ2n) is 3.73. The third-order valence-corrected chi connectivity index (χ3v) is 2.88. The van der Waals surface area contributed by atoms with Crippen LogP contribution in [-0.4, -0.2) is 5.84 Å². The molecule has 0 aliphatic carbocycles. The summed E-state index contributed by atoms with van der Waals surface area (Å²) in [6.45, 7) is 0. The molecule has 3 nitrogen and oxygen atoms in total. The third-order valence-electron chi connectivity index (χ3n) is 2.35. The largest absolute Gasteiger partial charge is 0.456 e. The minimum Gasteiger partial charge on any atom is -0.456 e. The molecular formula is C13H9Cl2FN2O. The van der Waals surface area contributed by atoms with Gasteiger partial charge in [-0.25, -0.2) is 4.39 Å². The number of hydrogen-bond acceptors (Lipinski definition) is 2. The van der Waals surface area contributed by atoms with Gasteiger partial charge in [0.15, 0.2) is 0 Å². The Kier molecular flexibility index (Phi) is 3.93. The van der Waals surface area contributed by atoms with Crippen molar-refractivity contribution in [1.82, 2.24) is 0 Å². The summed E-state index contributed by atoms with van der Waals surface area (Å²) < 4.78 is 18.6. The molecule has 0 aliphatic rings. The van der Waals surface area contributed by atoms with Gasteiger partial charge in [-0.2, -0.15) is 0 Å². The first-order chi connectivity index (χ1) is 8.97. The van der Waals surface area contributed by atoms with Crippen LogP contribution in [0.3, 0.4) is 0 Å². The zero-order chi connectivity index (χ0) is 14.0. The second kappa shape index (κ2) is 5.47. The number of hydrogen-bond donors (Lipinski definition) is 2. The van der Waals surface area contributed by atoms with E-state index in [4.69, 9.17) is 39.1 Å². The van der Waals surface area contributed by atoms with Gasteiger partial charge in [0, 0.05) is 17.2 Å². The van der Waals surface area contributed by atoms with Gasteiger partial charge in [0.05, 0.1) is 10.6 Å². The molecule has 2 aromatic rings. The molecule has 98 valence electrons. The van der Waals surface area contributed by atoms with Crippen LogP contribution in [0.2, 0.25) is 10.0 Å². The third kappa shape index (κ3) is 3.16. The van der Waals surface area contributed by atoms with E-state index in [1.165, 1.54) is 24.3 Å². The molecule has 6 heteroatoms. The summed E-state index contributed by atoms with van der Waals surface area (Å²) in [7, 11) is 0. The molecule has 2 aromatic carbocycles. The molecular weight excluding hydrogens is 290 g/mol. The molecule has 0 fully saturated rings. The number of ether oxygens (including phenoxy) is 1. The maximum Gasteiger partial charge on any atom is 0.142 e. The molecule has 3 N–H and O–H groups in total. The number of nitrogen functional groups attached to an aromatic ring is 1. The quantitative estimate of drug-likeness (QED) is 0.659. The Hall–Kier alpha value is -1.78. The van der Waals surface area contributed by atoms with Crippen molar-refractivity contribution in [3.05, 3.63) is 57.8 Å². The second-order valence-corrected chi connectivity index (χ2v) is 4.58. The van der Waals surface area contributed by atoms with Crippen molar-refractivity contribution < 1.29 is 9.13 Å². The van der Waals surface area contributed by atoms with E-state index in [9.17, 15) is 4.39 Å². The van der Waals surface area contributed by atoms with E-state index in [1.807, 2.05) is 0 Å². The Bertz CT molecular complexity index is 647. The summed E-state index contributed by atoms with van der Waals surface area (Å²) in [6.07, 6.45) is 0. The van der Waals surface area contributed by atoms with Crippen molar-refractivity contribution in [2.45, 2.75) is 0 Å². The predicted molar refractivity (Wildman–Crippen MR) is 74.0 cm³/mol. The fourth-order valence-corrected chi connectivity index (χ4v) is 1.80. The van der Waals surface area contributed by atoms with Crippen molar-refractivity contribution in [2.24, 2.45) is 5.73 Å². The number of benzene rings is 2. The molecule has 0 spiro atoms. The van der Waals surface area contributed by atoms with Crippen molar-refractivity contribution >= 4 is 29.0 Å². The summed E-state index contributed by atoms with van der Waals surface area (Å²) >= 11 is 11.5. The summed E-state index contributed by atoms with van der Waals surface area (Å²) in [6, 6.07) is 8.65. The van der Waals surface area contributed by atoms with E-state index >= 15 is 0 Å². The van der Waals surface area contributed by atoms with Gasteiger partial charge in [-0.15, -0.1) is 0 Å². The molecule has 19 heavy (non-hydrogen) atoms. The lowest BCUT2D eigenvalue weighted by molar-refractivity contribution is 0.479. The van der Waals surface area contributed by atoms with Gasteiger partial charge in [-0.05, 0) is 24.3 Å². The van der Waals surface area contributed by atoms with Gasteiger partial charge in [0.1, 0.15) is 23.2 Å². The predicted octanol–water partition coefficient (Wildman–Crippen LogP) is 4.21. The molecule has 0 unspecified atom stereocenters. The normalized spacial score (nSPS) is 10.3. The molecule has 0 heterocycles. The van der Waals surface area contributed by atoms with Crippen LogP contribution in [0.15, 0.2) is 36.4 Å². The SMILES string of the molecule is N=C(N)c1ccc(Cl)cc1Oc1ccc(F)c(Cl)c1. The van der Waals surface area contributed by atoms with Gasteiger partial charge in [-0.3, -0.25) is 5.41 Å². The standard InChI is InChI=1S/C13H9Cl2FN2O/c14-7-1-3-9(13(17)18)12(5-7)19-8-2-4-11(16)10(15)6-8/h1-6H,(H3,17,18). The lowest BCUT2D eigenvalue weighted by atomic mass is 10.2. The molecule has 0 bridgehead atoms. The van der Waals surface area contributed by atoms with Crippen LogP contribution in [0.5, 0.6) is 11.5 Å². The molecule has 2 rings (SSSR count). The number of amidine groups is 1. The van der Waals surface area contributed by atoms with E-state index in [0.29, 0.717) is 22.1 Å². The maximum atomic E-state index is 13.0. The Morgan fingerprint density at radius 2 is 1.89 bits per heavy atom. The van der Waals surface area contributed by atoms with E-state index in [1.54, 1.807) is 12.1 Å². The fraction of sp³-hybridized carbons (Fsp3) is 0. The molecule has 0 atom stereocenters. The molecule has 0 aromatic heterocycles. The fourth-order valence-electron chi connectivity index (χ4n) is 1.47. The van der Waals surface area contributed by atoms with Crippen molar-refractivity contribution in [3.8, 4) is 11.5 Å². The van der Waals surface area contributed by atoms with Crippen LogP contribution in [0.4, 0.5) is 4.39 Å². The molecule has 0 radical (unpaired) electrons. The molecule has 0 saturated carbocycles. The van der Waals surface area contributed by atoms with Crippen LogP contribution >= 0.6 is 23.2 Å². The van der Waals surface area contributed by atoms with Gasteiger partial charge in [-0.1, -0.05) is 23.2 Å². The highest BCUT2D eigenvalue weighted by molar-refractivity contribution is 6.31. The number of halogens is 3. The van der Waals surface area contributed by atoms with Crippen LogP contribution in [-0.2, 0) is 0 Å². The number of nitrogens with one attached hydrogen (secondary N) is 1. The smallest absolute Gasteiger partial charge is 0.142 e. The van der Waals surface area contributed by atoms with Crippen molar-refractivity contribution in [3.63, 3.8) is 0 Å². The first-order valence-corrected chi connectivity index (χ1v) is 6.00. The van der Waals surface area contributed by atoms with E-state index in [0.717, 1.165) is 0 Å². The van der Waals surface area contributed by atoms with Gasteiger partial charge >= 0.3 is 0 Å². The number of nitrogens with two attached hydrogens (primary N) is 1. The van der Waals surface area contributed by atoms with Crippen LogP contribution in [0.1, 0.15) is 5.56 Å². The zero-order valence-electron chi connectivity index (χ0n) is 9.58. The highest BCUT2D eigenvalue weighted by Gasteiger charge is 2.10. The summed E-state index contributed by atoms with van der Waals surface area (Å²) in [5.41, 5.74) is 5.84.